The van der Waals surface area contributed by atoms with Crippen LogP contribution in [-0.4, -0.2) is 58.4 Å². The maximum absolute atomic E-state index is 14.2. The summed E-state index contributed by atoms with van der Waals surface area (Å²) in [6, 6.07) is 3.35. The third-order valence-electron chi connectivity index (χ3n) is 6.96. The number of ether oxygens (including phenoxy) is 1. The predicted molar refractivity (Wildman–Crippen MR) is 127 cm³/mol. The number of urea groups is 1. The van der Waals surface area contributed by atoms with Gasteiger partial charge in [-0.15, -0.1) is 0 Å². The van der Waals surface area contributed by atoms with Crippen LogP contribution in [0.2, 0.25) is 5.02 Å². The predicted octanol–water partition coefficient (Wildman–Crippen LogP) is 1.76. The van der Waals surface area contributed by atoms with Crippen molar-refractivity contribution < 1.29 is 28.6 Å². The average Bonchev–Trinajstić information content (AvgIpc) is 2.83. The fourth-order valence-corrected chi connectivity index (χ4v) is 5.76. The van der Waals surface area contributed by atoms with E-state index in [0.29, 0.717) is 0 Å². The van der Waals surface area contributed by atoms with E-state index in [1.54, 1.807) is 24.8 Å². The summed E-state index contributed by atoms with van der Waals surface area (Å²) in [5.41, 5.74) is -2.31. The fourth-order valence-electron chi connectivity index (χ4n) is 5.46. The van der Waals surface area contributed by atoms with E-state index in [-0.39, 0.29) is 52.3 Å². The van der Waals surface area contributed by atoms with Gasteiger partial charge in [0.2, 0.25) is 11.8 Å². The molecule has 13 heteroatoms. The summed E-state index contributed by atoms with van der Waals surface area (Å²) in [5, 5.41) is 32.7. The third-order valence-corrected chi connectivity index (χ3v) is 7.32. The van der Waals surface area contributed by atoms with E-state index >= 15 is 0 Å². The van der Waals surface area contributed by atoms with Gasteiger partial charge in [-0.05, 0) is 26.0 Å². The molecule has 3 unspecified atom stereocenters. The molecule has 3 atom stereocenters. The number of nitriles is 1. The molecule has 0 bridgehead atoms. The summed E-state index contributed by atoms with van der Waals surface area (Å²) in [5.74, 6) is -3.05. The van der Waals surface area contributed by atoms with Crippen molar-refractivity contribution in [2.75, 3.05) is 11.4 Å². The average molecular weight is 527 g/mol. The Kier molecular flexibility index (Phi) is 5.65. The number of carbonyl (C=O) groups excluding carboxylic acids is 3. The van der Waals surface area contributed by atoms with Gasteiger partial charge in [-0.3, -0.25) is 25.6 Å². The Labute approximate surface area is 214 Å². The first-order valence-corrected chi connectivity index (χ1v) is 11.7. The van der Waals surface area contributed by atoms with Crippen LogP contribution in [0, 0.1) is 28.0 Å². The van der Waals surface area contributed by atoms with Gasteiger partial charge in [-0.25, -0.2) is 14.2 Å². The van der Waals surface area contributed by atoms with Crippen LogP contribution in [0.5, 0.6) is 5.75 Å². The van der Waals surface area contributed by atoms with Gasteiger partial charge >= 0.3 is 6.03 Å². The van der Waals surface area contributed by atoms with E-state index in [0.717, 1.165) is 6.07 Å². The van der Waals surface area contributed by atoms with E-state index < -0.39 is 52.7 Å². The Morgan fingerprint density at radius 2 is 2.00 bits per heavy atom. The zero-order valence-corrected chi connectivity index (χ0v) is 20.3. The lowest BCUT2D eigenvalue weighted by Crippen LogP contribution is -2.75. The number of hydrogen-bond acceptors (Lipinski definition) is 9. The maximum Gasteiger partial charge on any atom is 0.328 e. The Balaban J connectivity index is 1.70. The largest absolute Gasteiger partial charge is 0.504 e. The van der Waals surface area contributed by atoms with Gasteiger partial charge in [0, 0.05) is 18.5 Å². The number of benzene rings is 1. The number of aromatic nitrogens is 1. The number of anilines is 1. The van der Waals surface area contributed by atoms with Crippen LogP contribution in [0.1, 0.15) is 36.4 Å². The minimum absolute atomic E-state index is 0.0195. The molecule has 3 aliphatic rings. The number of rotatable bonds is 2. The first kappa shape index (κ1) is 24.6. The second kappa shape index (κ2) is 8.50. The van der Waals surface area contributed by atoms with Crippen LogP contribution < -0.4 is 15.5 Å². The van der Waals surface area contributed by atoms with E-state index in [9.17, 15) is 23.9 Å². The molecule has 4 heterocycles. The lowest BCUT2D eigenvalue weighted by Gasteiger charge is -2.55. The molecule has 2 saturated heterocycles. The first-order valence-electron chi connectivity index (χ1n) is 11.3. The first-order chi connectivity index (χ1) is 17.5. The number of halogens is 2. The summed E-state index contributed by atoms with van der Waals surface area (Å²) in [6.45, 7) is 3.68. The van der Waals surface area contributed by atoms with Crippen molar-refractivity contribution in [2.24, 2.45) is 5.41 Å². The Bertz CT molecular complexity index is 1440. The van der Waals surface area contributed by atoms with Crippen LogP contribution in [0.15, 0.2) is 18.2 Å². The van der Waals surface area contributed by atoms with Crippen molar-refractivity contribution in [2.45, 2.75) is 38.5 Å². The summed E-state index contributed by atoms with van der Waals surface area (Å²) >= 11 is 6.62. The number of barbiturate groups is 1. The second-order valence-corrected chi connectivity index (χ2v) is 9.61. The van der Waals surface area contributed by atoms with E-state index in [4.69, 9.17) is 27.0 Å². The topological polar surface area (TPSA) is 168 Å². The normalized spacial score (nSPS) is 24.0. The summed E-state index contributed by atoms with van der Waals surface area (Å²) in [7, 11) is 0. The Hall–Kier alpha value is -4.08. The van der Waals surface area contributed by atoms with Gasteiger partial charge in [0.15, 0.2) is 11.2 Å². The van der Waals surface area contributed by atoms with Crippen molar-refractivity contribution in [3.8, 4) is 11.8 Å². The number of fused-ring (bicyclic) bond motifs is 4. The highest BCUT2D eigenvalue weighted by Crippen LogP contribution is 2.50. The molecule has 11 nitrogen and oxygen atoms in total. The lowest BCUT2D eigenvalue weighted by atomic mass is 9.67. The van der Waals surface area contributed by atoms with Gasteiger partial charge < -0.3 is 14.7 Å². The standard InChI is InChI=1S/C24H20ClFN6O5/c1-9-8-32-18-14(6-24(20(32)10(2)37-9)21(34)30-23(36)31-22(24)35)29-17(19(33)15(18)25)16(28)11-3-4-12(7-27)13(26)5-11/h3-5,9-10,20,28,33H,6,8H2,1-2H3,(H2,30,31,34,35,36). The summed E-state index contributed by atoms with van der Waals surface area (Å²) < 4.78 is 20.2. The third kappa shape index (κ3) is 3.53. The molecule has 190 valence electrons. The quantitative estimate of drug-likeness (QED) is 0.339. The van der Waals surface area contributed by atoms with Gasteiger partial charge in [-0.2, -0.15) is 5.26 Å². The van der Waals surface area contributed by atoms with E-state index in [2.05, 4.69) is 15.6 Å². The van der Waals surface area contributed by atoms with Crippen molar-refractivity contribution in [1.82, 2.24) is 15.6 Å². The number of pyridine rings is 1. The molecule has 0 saturated carbocycles. The van der Waals surface area contributed by atoms with Gasteiger partial charge in [0.05, 0.1) is 40.9 Å². The molecule has 4 amide bonds. The molecule has 1 spiro atoms. The molecule has 4 N–H and O–H groups in total. The monoisotopic (exact) mass is 526 g/mol. The van der Waals surface area contributed by atoms with E-state index in [1.165, 1.54) is 12.1 Å². The van der Waals surface area contributed by atoms with Crippen LogP contribution in [0.25, 0.3) is 0 Å². The molecule has 1 aromatic heterocycles. The zero-order valence-electron chi connectivity index (χ0n) is 19.6. The highest BCUT2D eigenvalue weighted by Gasteiger charge is 2.63. The van der Waals surface area contributed by atoms with Crippen molar-refractivity contribution in [3.05, 3.63) is 51.6 Å². The summed E-state index contributed by atoms with van der Waals surface area (Å²) in [4.78, 5) is 44.5. The summed E-state index contributed by atoms with van der Waals surface area (Å²) in [6.07, 6.45) is -1.30. The maximum atomic E-state index is 14.2. The smallest absolute Gasteiger partial charge is 0.328 e. The minimum atomic E-state index is -1.83. The van der Waals surface area contributed by atoms with Gasteiger partial charge in [0.1, 0.15) is 22.6 Å². The van der Waals surface area contributed by atoms with E-state index in [1.807, 2.05) is 0 Å². The number of imide groups is 2. The highest BCUT2D eigenvalue weighted by atomic mass is 35.5. The number of morpholine rings is 1. The molecule has 5 rings (SSSR count). The molecule has 2 aromatic rings. The fraction of sp³-hybridized carbons (Fsp3) is 0.333. The van der Waals surface area contributed by atoms with Crippen LogP contribution in [-0.2, 0) is 20.7 Å². The SMILES string of the molecule is CC1CN2c3c(nc(C(=N)c4ccc(C#N)c(F)c4)c(O)c3Cl)CC3(C(=O)NC(=O)NC3=O)C2C(C)O1. The highest BCUT2D eigenvalue weighted by molar-refractivity contribution is 6.36. The molecule has 0 aliphatic carbocycles. The molecular formula is C24H20ClFN6O5. The van der Waals surface area contributed by atoms with Crippen molar-refractivity contribution >= 4 is 40.8 Å². The lowest BCUT2D eigenvalue weighted by molar-refractivity contribution is -0.153. The van der Waals surface area contributed by atoms with Crippen molar-refractivity contribution in [1.29, 1.82) is 10.7 Å². The van der Waals surface area contributed by atoms with Crippen molar-refractivity contribution in [3.63, 3.8) is 0 Å². The van der Waals surface area contributed by atoms with Crippen LogP contribution >= 0.6 is 11.6 Å². The Morgan fingerprint density at radius 3 is 2.62 bits per heavy atom. The molecule has 2 fully saturated rings. The molecule has 0 radical (unpaired) electrons. The molecular weight excluding hydrogens is 507 g/mol. The number of nitrogens with one attached hydrogen (secondary N) is 3. The molecule has 1 aromatic carbocycles. The number of aromatic hydroxyl groups is 1. The minimum Gasteiger partial charge on any atom is -0.504 e. The van der Waals surface area contributed by atoms with Crippen LogP contribution in [0.4, 0.5) is 14.9 Å². The van der Waals surface area contributed by atoms with Gasteiger partial charge in [-0.1, -0.05) is 17.7 Å². The van der Waals surface area contributed by atoms with Crippen LogP contribution in [0.3, 0.4) is 0 Å². The molecule has 37 heavy (non-hydrogen) atoms. The zero-order chi connectivity index (χ0) is 26.8. The Morgan fingerprint density at radius 1 is 1.32 bits per heavy atom. The second-order valence-electron chi connectivity index (χ2n) is 9.23. The number of hydrogen-bond donors (Lipinski definition) is 4. The van der Waals surface area contributed by atoms with Gasteiger partial charge in [0.25, 0.3) is 0 Å². The molecule has 3 aliphatic heterocycles. The number of nitrogens with zero attached hydrogens (tertiary/aromatic N) is 3. The number of amides is 4. The number of carbonyl (C=O) groups is 3.